The summed E-state index contributed by atoms with van der Waals surface area (Å²) in [5, 5.41) is 5.81. The van der Waals surface area contributed by atoms with E-state index in [1.54, 1.807) is 47.9 Å². The molecule has 35 heavy (non-hydrogen) atoms. The molecular weight excluding hydrogens is 465 g/mol. The number of nitrogens with zero attached hydrogens (tertiary/aromatic N) is 1. The van der Waals surface area contributed by atoms with Gasteiger partial charge in [0, 0.05) is 31.1 Å². The minimum atomic E-state index is -0.600. The maximum atomic E-state index is 13.7. The molecule has 188 valence electrons. The first-order valence-electron chi connectivity index (χ1n) is 12.0. The number of amides is 3. The van der Waals surface area contributed by atoms with Gasteiger partial charge in [0.25, 0.3) is 5.91 Å². The molecule has 6 nitrogen and oxygen atoms in total. The summed E-state index contributed by atoms with van der Waals surface area (Å²) in [7, 11) is 0. The molecule has 1 aliphatic heterocycles. The predicted octanol–water partition coefficient (Wildman–Crippen LogP) is 3.85. The number of benzene rings is 2. The normalized spacial score (nSPS) is 14.9. The predicted molar refractivity (Wildman–Crippen MR) is 138 cm³/mol. The highest BCUT2D eigenvalue weighted by Gasteiger charge is 2.31. The van der Waals surface area contributed by atoms with Gasteiger partial charge in [-0.3, -0.25) is 14.4 Å². The number of piperidine rings is 1. The fourth-order valence-corrected chi connectivity index (χ4v) is 4.65. The number of hydrogen-bond donors (Lipinski definition) is 2. The van der Waals surface area contributed by atoms with E-state index in [-0.39, 0.29) is 36.0 Å². The molecule has 1 heterocycles. The molecule has 0 bridgehead atoms. The lowest BCUT2D eigenvalue weighted by Crippen LogP contribution is -2.52. The number of nitrogens with one attached hydrogen (secondary N) is 2. The molecule has 1 atom stereocenters. The highest BCUT2D eigenvalue weighted by atomic mass is 32.2. The van der Waals surface area contributed by atoms with Gasteiger partial charge in [-0.2, -0.15) is 11.8 Å². The Bertz CT molecular complexity index is 1050. The second-order valence-corrected chi connectivity index (χ2v) is 10.1. The number of thioether (sulfide) groups is 1. The van der Waals surface area contributed by atoms with E-state index < -0.39 is 6.04 Å². The Balaban J connectivity index is 1.53. The van der Waals surface area contributed by atoms with Crippen LogP contribution < -0.4 is 10.6 Å². The van der Waals surface area contributed by atoms with E-state index >= 15 is 0 Å². The van der Waals surface area contributed by atoms with Crippen molar-refractivity contribution >= 4 is 29.5 Å². The number of hydrogen-bond acceptors (Lipinski definition) is 4. The Labute approximate surface area is 211 Å². The molecule has 1 saturated heterocycles. The van der Waals surface area contributed by atoms with Crippen LogP contribution in [0.25, 0.3) is 0 Å². The zero-order chi connectivity index (χ0) is 25.4. The lowest BCUT2D eigenvalue weighted by molar-refractivity contribution is -0.137. The largest absolute Gasteiger partial charge is 0.352 e. The third kappa shape index (κ3) is 7.56. The third-order valence-corrected chi connectivity index (χ3v) is 7.02. The summed E-state index contributed by atoms with van der Waals surface area (Å²) in [6.07, 6.45) is 3.63. The van der Waals surface area contributed by atoms with Crippen LogP contribution in [-0.2, 0) is 16.1 Å². The van der Waals surface area contributed by atoms with Gasteiger partial charge < -0.3 is 15.5 Å². The smallest absolute Gasteiger partial charge is 0.251 e. The zero-order valence-electron chi connectivity index (χ0n) is 20.6. The zero-order valence-corrected chi connectivity index (χ0v) is 21.4. The number of aryl methyl sites for hydroxylation is 2. The van der Waals surface area contributed by atoms with Gasteiger partial charge in [-0.05, 0) is 74.4 Å². The van der Waals surface area contributed by atoms with Gasteiger partial charge in [0.15, 0.2) is 0 Å². The minimum Gasteiger partial charge on any atom is -0.352 e. The first-order chi connectivity index (χ1) is 16.8. The molecule has 0 saturated carbocycles. The van der Waals surface area contributed by atoms with Gasteiger partial charge in [-0.25, -0.2) is 4.39 Å². The van der Waals surface area contributed by atoms with Gasteiger partial charge >= 0.3 is 0 Å². The fourth-order valence-electron chi connectivity index (χ4n) is 4.18. The maximum absolute atomic E-state index is 13.7. The van der Waals surface area contributed by atoms with Crippen molar-refractivity contribution in [3.05, 3.63) is 70.5 Å². The quantitative estimate of drug-likeness (QED) is 0.549. The van der Waals surface area contributed by atoms with Crippen LogP contribution in [0.4, 0.5) is 4.39 Å². The lowest BCUT2D eigenvalue weighted by Gasteiger charge is -2.34. The second kappa shape index (κ2) is 12.7. The molecule has 3 amide bonds. The summed E-state index contributed by atoms with van der Waals surface area (Å²) in [6.45, 7) is 4.83. The first kappa shape index (κ1) is 26.7. The number of carbonyl (C=O) groups is 3. The van der Waals surface area contributed by atoms with Crippen LogP contribution in [0.2, 0.25) is 0 Å². The molecule has 2 aromatic rings. The van der Waals surface area contributed by atoms with Crippen molar-refractivity contribution in [2.75, 3.05) is 25.1 Å². The second-order valence-electron chi connectivity index (χ2n) is 9.08. The topological polar surface area (TPSA) is 78.5 Å². The van der Waals surface area contributed by atoms with Gasteiger partial charge in [-0.15, -0.1) is 0 Å². The maximum Gasteiger partial charge on any atom is 0.251 e. The van der Waals surface area contributed by atoms with Crippen LogP contribution >= 0.6 is 11.8 Å². The monoisotopic (exact) mass is 499 g/mol. The molecule has 1 unspecified atom stereocenters. The number of rotatable bonds is 9. The summed E-state index contributed by atoms with van der Waals surface area (Å²) in [5.74, 6) is -0.160. The molecule has 8 heteroatoms. The van der Waals surface area contributed by atoms with Crippen LogP contribution in [0.5, 0.6) is 0 Å². The molecule has 1 fully saturated rings. The van der Waals surface area contributed by atoms with Crippen LogP contribution in [0.1, 0.15) is 46.3 Å². The molecule has 0 radical (unpaired) electrons. The molecule has 0 spiro atoms. The van der Waals surface area contributed by atoms with E-state index in [1.165, 1.54) is 6.07 Å². The first-order valence-corrected chi connectivity index (χ1v) is 13.4. The molecule has 0 aliphatic carbocycles. The summed E-state index contributed by atoms with van der Waals surface area (Å²) < 4.78 is 13.7. The number of halogens is 1. The van der Waals surface area contributed by atoms with Crippen molar-refractivity contribution in [3.8, 4) is 0 Å². The Morgan fingerprint density at radius 1 is 1.11 bits per heavy atom. The SMILES string of the molecule is CSCCC(NC(=O)c1cccc(C)c1)C(=O)N1CCC(C(=O)NCc2ccc(C)c(F)c2)CC1. The van der Waals surface area contributed by atoms with Crippen LogP contribution in [0.15, 0.2) is 42.5 Å². The van der Waals surface area contributed by atoms with Crippen molar-refractivity contribution in [1.82, 2.24) is 15.5 Å². The Kier molecular flexibility index (Phi) is 9.72. The average molecular weight is 500 g/mol. The van der Waals surface area contributed by atoms with E-state index in [0.29, 0.717) is 43.5 Å². The summed E-state index contributed by atoms with van der Waals surface area (Å²) in [5.41, 5.74) is 2.81. The van der Waals surface area contributed by atoms with Gasteiger partial charge in [0.1, 0.15) is 11.9 Å². The van der Waals surface area contributed by atoms with E-state index in [9.17, 15) is 18.8 Å². The number of likely N-dealkylation sites (tertiary alicyclic amines) is 1. The van der Waals surface area contributed by atoms with E-state index in [1.807, 2.05) is 25.3 Å². The Hall–Kier alpha value is -2.87. The molecule has 1 aliphatic rings. The van der Waals surface area contributed by atoms with Crippen molar-refractivity contribution < 1.29 is 18.8 Å². The van der Waals surface area contributed by atoms with Gasteiger partial charge in [0.2, 0.25) is 11.8 Å². The number of carbonyl (C=O) groups excluding carboxylic acids is 3. The highest BCUT2D eigenvalue weighted by molar-refractivity contribution is 7.98. The van der Waals surface area contributed by atoms with Gasteiger partial charge in [0.05, 0.1) is 0 Å². The minimum absolute atomic E-state index is 0.0789. The van der Waals surface area contributed by atoms with E-state index in [0.717, 1.165) is 16.9 Å². The van der Waals surface area contributed by atoms with Crippen LogP contribution in [0, 0.1) is 25.6 Å². The van der Waals surface area contributed by atoms with Crippen molar-refractivity contribution in [2.24, 2.45) is 5.92 Å². The van der Waals surface area contributed by atoms with Crippen molar-refractivity contribution in [2.45, 2.75) is 45.7 Å². The molecule has 2 aromatic carbocycles. The molecule has 2 N–H and O–H groups in total. The molecular formula is C27H34FN3O3S. The van der Waals surface area contributed by atoms with Crippen molar-refractivity contribution in [3.63, 3.8) is 0 Å². The van der Waals surface area contributed by atoms with E-state index in [4.69, 9.17) is 0 Å². The van der Waals surface area contributed by atoms with Crippen LogP contribution in [0.3, 0.4) is 0 Å². The lowest BCUT2D eigenvalue weighted by atomic mass is 9.95. The van der Waals surface area contributed by atoms with E-state index in [2.05, 4.69) is 10.6 Å². The fraction of sp³-hybridized carbons (Fsp3) is 0.444. The molecule has 0 aromatic heterocycles. The third-order valence-electron chi connectivity index (χ3n) is 6.37. The summed E-state index contributed by atoms with van der Waals surface area (Å²) in [4.78, 5) is 40.4. The van der Waals surface area contributed by atoms with Gasteiger partial charge in [-0.1, -0.05) is 29.8 Å². The Morgan fingerprint density at radius 3 is 2.51 bits per heavy atom. The summed E-state index contributed by atoms with van der Waals surface area (Å²) in [6, 6.07) is 11.6. The average Bonchev–Trinajstić information content (AvgIpc) is 2.86. The van der Waals surface area contributed by atoms with Crippen LogP contribution in [-0.4, -0.2) is 53.8 Å². The molecule has 3 rings (SSSR count). The standard InChI is InChI=1S/C27H34FN3O3S/c1-18-5-4-6-22(15-18)26(33)30-24(11-14-35-3)27(34)31-12-9-21(10-13-31)25(32)29-17-20-8-7-19(2)23(28)16-20/h4-8,15-16,21,24H,9-14,17H2,1-3H3,(H,29,32)(H,30,33). The Morgan fingerprint density at radius 2 is 1.86 bits per heavy atom. The summed E-state index contributed by atoms with van der Waals surface area (Å²) >= 11 is 1.63. The highest BCUT2D eigenvalue weighted by Crippen LogP contribution is 2.20. The van der Waals surface area contributed by atoms with Crippen molar-refractivity contribution in [1.29, 1.82) is 0 Å².